The van der Waals surface area contributed by atoms with Gasteiger partial charge in [-0.3, -0.25) is 4.79 Å². The molecule has 0 unspecified atom stereocenters. The fraction of sp³-hybridized carbons (Fsp3) is 0.375. The normalized spacial score (nSPS) is 15.8. The van der Waals surface area contributed by atoms with Crippen LogP contribution in [-0.2, 0) is 0 Å². The highest BCUT2D eigenvalue weighted by Gasteiger charge is 2.25. The summed E-state index contributed by atoms with van der Waals surface area (Å²) in [6.07, 6.45) is 5.53. The number of ether oxygens (including phenoxy) is 1. The third kappa shape index (κ3) is 6.68. The van der Waals surface area contributed by atoms with Crippen LogP contribution in [0.3, 0.4) is 0 Å². The molecule has 3 amide bonds. The van der Waals surface area contributed by atoms with Gasteiger partial charge in [0, 0.05) is 49.3 Å². The first-order valence-corrected chi connectivity index (χ1v) is 14.2. The van der Waals surface area contributed by atoms with E-state index < -0.39 is 0 Å². The average Bonchev–Trinajstić information content (AvgIpc) is 2.97. The molecule has 8 nitrogen and oxygen atoms in total. The highest BCUT2D eigenvalue weighted by molar-refractivity contribution is 6.04. The van der Waals surface area contributed by atoms with Crippen LogP contribution in [0.2, 0.25) is 0 Å². The van der Waals surface area contributed by atoms with Gasteiger partial charge in [-0.05, 0) is 67.8 Å². The predicted octanol–water partition coefficient (Wildman–Crippen LogP) is 6.04. The molecule has 0 radical (unpaired) electrons. The summed E-state index contributed by atoms with van der Waals surface area (Å²) in [7, 11) is 1.70. The first-order valence-electron chi connectivity index (χ1n) is 14.2. The van der Waals surface area contributed by atoms with Gasteiger partial charge < -0.3 is 30.5 Å². The molecule has 5 rings (SSSR count). The molecular formula is C32H39N5O3. The predicted molar refractivity (Wildman–Crippen MR) is 162 cm³/mol. The van der Waals surface area contributed by atoms with E-state index in [1.807, 2.05) is 61.5 Å². The van der Waals surface area contributed by atoms with Crippen molar-refractivity contribution in [3.8, 4) is 5.75 Å². The van der Waals surface area contributed by atoms with Gasteiger partial charge >= 0.3 is 6.03 Å². The Hall–Kier alpha value is -4.20. The number of nitrogens with zero attached hydrogens (tertiary/aromatic N) is 2. The summed E-state index contributed by atoms with van der Waals surface area (Å²) < 4.78 is 5.57. The summed E-state index contributed by atoms with van der Waals surface area (Å²) in [5.74, 6) is 0.777. The van der Waals surface area contributed by atoms with E-state index in [4.69, 9.17) is 4.74 Å². The fourth-order valence-corrected chi connectivity index (χ4v) is 5.68. The second kappa shape index (κ2) is 12.8. The maximum absolute atomic E-state index is 13.6. The number of piperazine rings is 1. The zero-order valence-electron chi connectivity index (χ0n) is 23.4. The molecular weight excluding hydrogens is 502 g/mol. The number of hydrogen-bond donors (Lipinski definition) is 3. The molecule has 3 aromatic carbocycles. The second-order valence-electron chi connectivity index (χ2n) is 10.6. The topological polar surface area (TPSA) is 85.9 Å². The van der Waals surface area contributed by atoms with Crippen molar-refractivity contribution in [1.29, 1.82) is 0 Å². The Morgan fingerprint density at radius 2 is 1.45 bits per heavy atom. The first-order chi connectivity index (χ1) is 19.5. The summed E-state index contributed by atoms with van der Waals surface area (Å²) in [6.45, 7) is 5.13. The van der Waals surface area contributed by atoms with Crippen LogP contribution in [0.25, 0.3) is 0 Å². The Bertz CT molecular complexity index is 1330. The molecule has 8 heteroatoms. The zero-order chi connectivity index (χ0) is 27.9. The number of hydrogen-bond acceptors (Lipinski definition) is 5. The number of methoxy groups -OCH3 is 1. The zero-order valence-corrected chi connectivity index (χ0v) is 23.4. The van der Waals surface area contributed by atoms with Crippen LogP contribution < -0.4 is 30.5 Å². The molecule has 0 atom stereocenters. The molecule has 0 spiro atoms. The van der Waals surface area contributed by atoms with E-state index in [0.717, 1.165) is 80.2 Å². The molecule has 1 aliphatic heterocycles. The highest BCUT2D eigenvalue weighted by atomic mass is 16.5. The monoisotopic (exact) mass is 541 g/mol. The lowest BCUT2D eigenvalue weighted by Crippen LogP contribution is -2.47. The number of carbonyl (C=O) groups is 2. The number of carbonyl (C=O) groups excluding carboxylic acids is 2. The van der Waals surface area contributed by atoms with Gasteiger partial charge in [0.05, 0.1) is 18.4 Å². The quantitative estimate of drug-likeness (QED) is 0.340. The van der Waals surface area contributed by atoms with Gasteiger partial charge in [-0.25, -0.2) is 4.79 Å². The minimum absolute atomic E-state index is 0.0863. The molecule has 1 aliphatic carbocycles. The van der Waals surface area contributed by atoms with E-state index in [9.17, 15) is 9.59 Å². The summed E-state index contributed by atoms with van der Waals surface area (Å²) in [6, 6.07) is 21.2. The molecule has 0 aromatic heterocycles. The number of aryl methyl sites for hydroxylation is 1. The van der Waals surface area contributed by atoms with Crippen molar-refractivity contribution in [3.05, 3.63) is 77.9 Å². The Kier molecular flexibility index (Phi) is 8.74. The van der Waals surface area contributed by atoms with Crippen molar-refractivity contribution in [1.82, 2.24) is 5.32 Å². The maximum Gasteiger partial charge on any atom is 0.323 e. The Labute approximate surface area is 236 Å². The lowest BCUT2D eigenvalue weighted by Gasteiger charge is -2.38. The Morgan fingerprint density at radius 3 is 2.15 bits per heavy atom. The smallest absolute Gasteiger partial charge is 0.323 e. The van der Waals surface area contributed by atoms with Crippen molar-refractivity contribution in [3.63, 3.8) is 0 Å². The largest absolute Gasteiger partial charge is 0.495 e. The minimum atomic E-state index is -0.345. The van der Waals surface area contributed by atoms with Gasteiger partial charge in [-0.1, -0.05) is 43.5 Å². The van der Waals surface area contributed by atoms with Crippen LogP contribution in [0.15, 0.2) is 66.7 Å². The van der Waals surface area contributed by atoms with E-state index in [1.165, 1.54) is 6.42 Å². The van der Waals surface area contributed by atoms with Crippen molar-refractivity contribution in [2.45, 2.75) is 45.1 Å². The van der Waals surface area contributed by atoms with Gasteiger partial charge in [0.15, 0.2) is 0 Å². The van der Waals surface area contributed by atoms with Crippen molar-refractivity contribution in [2.75, 3.05) is 53.7 Å². The summed E-state index contributed by atoms with van der Waals surface area (Å²) in [5.41, 5.74) is 4.92. The summed E-state index contributed by atoms with van der Waals surface area (Å²) in [5, 5.41) is 9.06. The van der Waals surface area contributed by atoms with E-state index >= 15 is 0 Å². The summed E-state index contributed by atoms with van der Waals surface area (Å²) in [4.78, 5) is 31.0. The summed E-state index contributed by atoms with van der Waals surface area (Å²) >= 11 is 0. The van der Waals surface area contributed by atoms with Crippen LogP contribution in [0.1, 0.15) is 48.0 Å². The minimum Gasteiger partial charge on any atom is -0.495 e. The molecule has 0 bridgehead atoms. The van der Waals surface area contributed by atoms with E-state index in [2.05, 4.69) is 31.8 Å². The van der Waals surface area contributed by atoms with E-state index in [-0.39, 0.29) is 18.0 Å². The van der Waals surface area contributed by atoms with Gasteiger partial charge in [-0.15, -0.1) is 0 Å². The van der Waals surface area contributed by atoms with Crippen LogP contribution in [0.4, 0.5) is 27.5 Å². The van der Waals surface area contributed by atoms with Crippen molar-refractivity contribution >= 4 is 34.7 Å². The maximum atomic E-state index is 13.6. The SMILES string of the molecule is COc1ccccc1N1CCN(c2ccc(NC(=O)Nc3cccc(C)c3)cc2C(=O)NC2CCCCC2)CC1. The Balaban J connectivity index is 1.33. The van der Waals surface area contributed by atoms with Gasteiger partial charge in [0.2, 0.25) is 0 Å². The number of benzene rings is 3. The Morgan fingerprint density at radius 1 is 0.775 bits per heavy atom. The molecule has 2 fully saturated rings. The molecule has 210 valence electrons. The molecule has 1 heterocycles. The highest BCUT2D eigenvalue weighted by Crippen LogP contribution is 2.31. The number of anilines is 4. The van der Waals surface area contributed by atoms with Crippen LogP contribution in [0, 0.1) is 6.92 Å². The van der Waals surface area contributed by atoms with Crippen molar-refractivity contribution < 1.29 is 14.3 Å². The van der Waals surface area contributed by atoms with Crippen LogP contribution in [0.5, 0.6) is 5.75 Å². The average molecular weight is 542 g/mol. The number of para-hydroxylation sites is 2. The number of urea groups is 1. The third-order valence-electron chi connectivity index (χ3n) is 7.76. The van der Waals surface area contributed by atoms with Crippen LogP contribution >= 0.6 is 0 Å². The third-order valence-corrected chi connectivity index (χ3v) is 7.76. The first kappa shape index (κ1) is 27.4. The van der Waals surface area contributed by atoms with Gasteiger partial charge in [-0.2, -0.15) is 0 Å². The lowest BCUT2D eigenvalue weighted by atomic mass is 9.95. The van der Waals surface area contributed by atoms with Crippen LogP contribution in [-0.4, -0.2) is 51.3 Å². The fourth-order valence-electron chi connectivity index (χ4n) is 5.68. The van der Waals surface area contributed by atoms with Gasteiger partial charge in [0.1, 0.15) is 5.75 Å². The van der Waals surface area contributed by atoms with E-state index in [0.29, 0.717) is 11.3 Å². The molecule has 3 aromatic rings. The van der Waals surface area contributed by atoms with Crippen molar-refractivity contribution in [2.24, 2.45) is 0 Å². The number of nitrogens with one attached hydrogen (secondary N) is 3. The second-order valence-corrected chi connectivity index (χ2v) is 10.6. The number of rotatable bonds is 7. The molecule has 40 heavy (non-hydrogen) atoms. The van der Waals surface area contributed by atoms with E-state index in [1.54, 1.807) is 13.2 Å². The molecule has 1 saturated heterocycles. The van der Waals surface area contributed by atoms with Gasteiger partial charge in [0.25, 0.3) is 5.91 Å². The number of amides is 3. The standard InChI is InChI=1S/C32H39N5O3/c1-23-9-8-12-25(21-23)34-32(39)35-26-15-16-28(27(22-26)31(38)33-24-10-4-3-5-11-24)36-17-19-37(20-18-36)29-13-6-7-14-30(29)40-2/h6-9,12-16,21-22,24H,3-5,10-11,17-20H2,1-2H3,(H,33,38)(H2,34,35,39). The molecule has 2 aliphatic rings. The lowest BCUT2D eigenvalue weighted by molar-refractivity contribution is 0.0928. The molecule has 3 N–H and O–H groups in total. The molecule has 1 saturated carbocycles.